The first-order chi connectivity index (χ1) is 11.3. The summed E-state index contributed by atoms with van der Waals surface area (Å²) in [4.78, 5) is 25.4. The van der Waals surface area contributed by atoms with Crippen molar-refractivity contribution in [2.75, 3.05) is 13.2 Å². The third-order valence-corrected chi connectivity index (χ3v) is 5.03. The molecule has 0 N–H and O–H groups in total. The maximum absolute atomic E-state index is 12.7. The largest absolute Gasteiger partial charge is 0.466 e. The minimum absolute atomic E-state index is 0.0306. The Hall–Kier alpha value is -1.56. The molecule has 6 heteroatoms. The molecule has 0 radical (unpaired) electrons. The summed E-state index contributed by atoms with van der Waals surface area (Å²) < 4.78 is 22.6. The normalized spacial score (nSPS) is 34.3. The number of hydrogen-bond donors (Lipinski definition) is 0. The van der Waals surface area contributed by atoms with Crippen LogP contribution in [0.15, 0.2) is 11.3 Å². The van der Waals surface area contributed by atoms with Crippen LogP contribution >= 0.6 is 0 Å². The fourth-order valence-corrected chi connectivity index (χ4v) is 4.23. The van der Waals surface area contributed by atoms with Gasteiger partial charge in [-0.05, 0) is 19.3 Å². The molecule has 0 aromatic heterocycles. The highest BCUT2D eigenvalue weighted by Gasteiger charge is 2.57. The van der Waals surface area contributed by atoms with E-state index in [0.29, 0.717) is 24.5 Å². The van der Waals surface area contributed by atoms with E-state index in [0.717, 1.165) is 6.42 Å². The van der Waals surface area contributed by atoms with E-state index >= 15 is 0 Å². The van der Waals surface area contributed by atoms with E-state index in [1.807, 2.05) is 13.8 Å². The zero-order chi connectivity index (χ0) is 17.6. The summed E-state index contributed by atoms with van der Waals surface area (Å²) in [7, 11) is 0. The van der Waals surface area contributed by atoms with Crippen LogP contribution < -0.4 is 0 Å². The number of ether oxygens (including phenoxy) is 4. The molecule has 1 saturated heterocycles. The van der Waals surface area contributed by atoms with Crippen molar-refractivity contribution < 1.29 is 28.5 Å². The standard InChI is InChI=1S/C18H26O6/c1-6-21-16(19)12-10-7-8-22-14(10)15-13(11(12)9(2)3)17(20)24-18(4,5)23-15/h9-12,14H,6-8H2,1-5H3/t10-,11-,12-,14+/m0/s1. The summed E-state index contributed by atoms with van der Waals surface area (Å²) in [5, 5.41) is 0. The highest BCUT2D eigenvalue weighted by atomic mass is 16.7. The summed E-state index contributed by atoms with van der Waals surface area (Å²) in [5.74, 6) is -1.80. The van der Waals surface area contributed by atoms with Crippen LogP contribution in [0, 0.1) is 23.7 Å². The van der Waals surface area contributed by atoms with Crippen molar-refractivity contribution >= 4 is 11.9 Å². The van der Waals surface area contributed by atoms with Crippen LogP contribution in [0.25, 0.3) is 0 Å². The van der Waals surface area contributed by atoms with Gasteiger partial charge in [-0.25, -0.2) is 4.79 Å². The number of esters is 2. The SMILES string of the molecule is CCOC(=O)[C@H]1[C@@H]2CCO[C@H]2C2=C(C(=O)OC(C)(C)O2)[C@H]1C(C)C. The van der Waals surface area contributed by atoms with Crippen molar-refractivity contribution in [2.45, 2.75) is 52.9 Å². The van der Waals surface area contributed by atoms with Crippen molar-refractivity contribution in [2.24, 2.45) is 23.7 Å². The van der Waals surface area contributed by atoms with Crippen molar-refractivity contribution in [3.05, 3.63) is 11.3 Å². The smallest absolute Gasteiger partial charge is 0.341 e. The van der Waals surface area contributed by atoms with Gasteiger partial charge < -0.3 is 18.9 Å². The second-order valence-corrected chi connectivity index (χ2v) is 7.46. The first-order valence-electron chi connectivity index (χ1n) is 8.71. The van der Waals surface area contributed by atoms with Gasteiger partial charge >= 0.3 is 11.9 Å². The van der Waals surface area contributed by atoms with Gasteiger partial charge in [-0.1, -0.05) is 13.8 Å². The second kappa shape index (κ2) is 6.06. The Morgan fingerprint density at radius 2 is 2.04 bits per heavy atom. The lowest BCUT2D eigenvalue weighted by Crippen LogP contribution is -2.51. The lowest BCUT2D eigenvalue weighted by molar-refractivity contribution is -0.220. The summed E-state index contributed by atoms with van der Waals surface area (Å²) in [6, 6.07) is 0. The second-order valence-electron chi connectivity index (χ2n) is 7.46. The predicted octanol–water partition coefficient (Wildman–Crippen LogP) is 2.42. The maximum atomic E-state index is 12.7. The molecule has 3 aliphatic rings. The number of fused-ring (bicyclic) bond motifs is 2. The van der Waals surface area contributed by atoms with E-state index in [1.165, 1.54) is 0 Å². The van der Waals surface area contributed by atoms with Crippen LogP contribution in [0.4, 0.5) is 0 Å². The average molecular weight is 338 g/mol. The molecule has 6 nitrogen and oxygen atoms in total. The molecule has 0 bridgehead atoms. The molecule has 0 saturated carbocycles. The van der Waals surface area contributed by atoms with Gasteiger partial charge in [-0.3, -0.25) is 4.79 Å². The van der Waals surface area contributed by atoms with E-state index in [2.05, 4.69) is 0 Å². The molecule has 0 aromatic carbocycles. The van der Waals surface area contributed by atoms with Crippen LogP contribution in [0.5, 0.6) is 0 Å². The van der Waals surface area contributed by atoms with Gasteiger partial charge in [0.25, 0.3) is 0 Å². The van der Waals surface area contributed by atoms with Gasteiger partial charge in [-0.2, -0.15) is 0 Å². The van der Waals surface area contributed by atoms with E-state index in [-0.39, 0.29) is 29.8 Å². The van der Waals surface area contributed by atoms with Crippen LogP contribution in [0.2, 0.25) is 0 Å². The molecule has 4 atom stereocenters. The molecule has 3 rings (SSSR count). The van der Waals surface area contributed by atoms with Gasteiger partial charge in [0, 0.05) is 32.3 Å². The number of carbonyl (C=O) groups excluding carboxylic acids is 2. The zero-order valence-corrected chi connectivity index (χ0v) is 15.0. The van der Waals surface area contributed by atoms with Gasteiger partial charge in [0.2, 0.25) is 5.79 Å². The first-order valence-corrected chi connectivity index (χ1v) is 8.71. The van der Waals surface area contributed by atoms with Crippen LogP contribution in [-0.2, 0) is 28.5 Å². The molecule has 2 heterocycles. The highest BCUT2D eigenvalue weighted by Crippen LogP contribution is 2.51. The Labute approximate surface area is 142 Å². The van der Waals surface area contributed by atoms with E-state index in [4.69, 9.17) is 18.9 Å². The molecule has 0 unspecified atom stereocenters. The molecule has 134 valence electrons. The molecule has 0 aromatic rings. The average Bonchev–Trinajstić information content (AvgIpc) is 2.94. The summed E-state index contributed by atoms with van der Waals surface area (Å²) in [6.45, 7) is 10.1. The topological polar surface area (TPSA) is 71.1 Å². The molecule has 1 aliphatic carbocycles. The Balaban J connectivity index is 2.11. The van der Waals surface area contributed by atoms with Gasteiger partial charge in [0.05, 0.1) is 18.1 Å². The van der Waals surface area contributed by atoms with Gasteiger partial charge in [0.15, 0.2) is 0 Å². The minimum Gasteiger partial charge on any atom is -0.466 e. The molecule has 0 spiro atoms. The van der Waals surface area contributed by atoms with Crippen molar-refractivity contribution in [1.29, 1.82) is 0 Å². The molecular formula is C18H26O6. The first kappa shape index (κ1) is 17.3. The quantitative estimate of drug-likeness (QED) is 0.736. The van der Waals surface area contributed by atoms with Gasteiger partial charge in [-0.15, -0.1) is 0 Å². The van der Waals surface area contributed by atoms with Crippen molar-refractivity contribution in [1.82, 2.24) is 0 Å². The van der Waals surface area contributed by atoms with Crippen LogP contribution in [0.1, 0.15) is 41.0 Å². The monoisotopic (exact) mass is 338 g/mol. The fraction of sp³-hybridized carbons (Fsp3) is 0.778. The van der Waals surface area contributed by atoms with E-state index in [1.54, 1.807) is 20.8 Å². The summed E-state index contributed by atoms with van der Waals surface area (Å²) in [6.07, 6.45) is 0.379. The Morgan fingerprint density at radius 3 is 2.67 bits per heavy atom. The highest BCUT2D eigenvalue weighted by molar-refractivity contribution is 5.92. The van der Waals surface area contributed by atoms with Crippen molar-refractivity contribution in [3.63, 3.8) is 0 Å². The Kier molecular flexibility index (Phi) is 4.36. The van der Waals surface area contributed by atoms with Crippen LogP contribution in [-0.4, -0.2) is 37.0 Å². The summed E-state index contributed by atoms with van der Waals surface area (Å²) in [5.41, 5.74) is 0.450. The maximum Gasteiger partial charge on any atom is 0.341 e. The van der Waals surface area contributed by atoms with Crippen LogP contribution in [0.3, 0.4) is 0 Å². The minimum atomic E-state index is -1.02. The van der Waals surface area contributed by atoms with Gasteiger partial charge in [0.1, 0.15) is 11.9 Å². The lowest BCUT2D eigenvalue weighted by Gasteiger charge is -2.45. The number of rotatable bonds is 3. The number of hydrogen-bond acceptors (Lipinski definition) is 6. The number of cyclic esters (lactones) is 1. The third kappa shape index (κ3) is 2.70. The molecule has 1 fully saturated rings. The predicted molar refractivity (Wildman–Crippen MR) is 84.6 cm³/mol. The lowest BCUT2D eigenvalue weighted by atomic mass is 9.65. The fourth-order valence-electron chi connectivity index (χ4n) is 4.23. The van der Waals surface area contributed by atoms with Crippen molar-refractivity contribution in [3.8, 4) is 0 Å². The van der Waals surface area contributed by atoms with E-state index < -0.39 is 17.7 Å². The molecular weight excluding hydrogens is 312 g/mol. The molecule has 2 aliphatic heterocycles. The Bertz CT molecular complexity index is 576. The Morgan fingerprint density at radius 1 is 1.33 bits per heavy atom. The molecule has 24 heavy (non-hydrogen) atoms. The summed E-state index contributed by atoms with van der Waals surface area (Å²) >= 11 is 0. The third-order valence-electron chi connectivity index (χ3n) is 5.03. The number of carbonyl (C=O) groups is 2. The molecule has 0 amide bonds. The van der Waals surface area contributed by atoms with E-state index in [9.17, 15) is 9.59 Å². The zero-order valence-electron chi connectivity index (χ0n) is 15.0.